The van der Waals surface area contributed by atoms with Gasteiger partial charge in [0.15, 0.2) is 0 Å². The molecule has 4 nitrogen and oxygen atoms in total. The summed E-state index contributed by atoms with van der Waals surface area (Å²) in [6, 6.07) is 0. The van der Waals surface area contributed by atoms with Crippen LogP contribution in [0.4, 0.5) is 0 Å². The molecule has 1 radical (unpaired) electrons. The van der Waals surface area contributed by atoms with Gasteiger partial charge in [-0.05, 0) is 6.92 Å². The van der Waals surface area contributed by atoms with Crippen molar-refractivity contribution in [2.45, 2.75) is 13.0 Å². The minimum absolute atomic E-state index is 0. The van der Waals surface area contributed by atoms with Crippen LogP contribution in [-0.4, -0.2) is 40.0 Å². The van der Waals surface area contributed by atoms with Crippen LogP contribution in [0.1, 0.15) is 6.92 Å². The second-order valence-electron chi connectivity index (χ2n) is 0.995. The minimum Gasteiger partial charge on any atom is -0.870 e. The Labute approximate surface area is 57.6 Å². The Morgan fingerprint density at radius 3 is 1.88 bits per heavy atom. The molecule has 2 N–H and O–H groups in total. The van der Waals surface area contributed by atoms with E-state index in [2.05, 4.69) is 0 Å². The number of aliphatic carboxylic acids is 1. The normalized spacial score (nSPS) is 10.2. The maximum absolute atomic E-state index is 9.34. The predicted molar refractivity (Wildman–Crippen MR) is 24.4 cm³/mol. The molecular formula is C3H6AlO4. The van der Waals surface area contributed by atoms with Crippen LogP contribution in [0.5, 0.6) is 0 Å². The molecule has 0 aromatic carbocycles. The monoisotopic (exact) mass is 133 g/mol. The summed E-state index contributed by atoms with van der Waals surface area (Å²) in [5, 5.41) is 17.3. The molecule has 0 heterocycles. The van der Waals surface area contributed by atoms with Crippen molar-refractivity contribution in [1.29, 1.82) is 0 Å². The molecule has 0 aliphatic rings. The number of aliphatic hydroxyl groups is 1. The zero-order valence-corrected chi connectivity index (χ0v) is 5.52. The number of rotatable bonds is 1. The van der Waals surface area contributed by atoms with E-state index in [1.54, 1.807) is 0 Å². The Kier molecular flexibility index (Phi) is 13.6. The predicted octanol–water partition coefficient (Wildman–Crippen LogP) is -2.44. The third kappa shape index (κ3) is 9.33. The summed E-state index contributed by atoms with van der Waals surface area (Å²) in [6.07, 6.45) is -1.34. The van der Waals surface area contributed by atoms with Crippen LogP contribution < -0.4 is 5.11 Å². The quantitative estimate of drug-likeness (QED) is 0.402. The average molecular weight is 133 g/mol. The molecule has 1 unspecified atom stereocenters. The molecule has 0 amide bonds. The molecule has 8 heavy (non-hydrogen) atoms. The second kappa shape index (κ2) is 6.92. The molecule has 0 aliphatic carbocycles. The summed E-state index contributed by atoms with van der Waals surface area (Å²) in [5.74, 6) is -1.44. The molecule has 45 valence electrons. The number of aliphatic hydroxyl groups excluding tert-OH is 1. The van der Waals surface area contributed by atoms with Gasteiger partial charge in [-0.25, -0.2) is 0 Å². The van der Waals surface area contributed by atoms with Gasteiger partial charge in [0.05, 0.1) is 12.1 Å². The smallest absolute Gasteiger partial charge is 0.870 e. The van der Waals surface area contributed by atoms with Gasteiger partial charge in [-0.1, -0.05) is 0 Å². The largest absolute Gasteiger partial charge is 2.00 e. The van der Waals surface area contributed by atoms with E-state index in [0.717, 1.165) is 6.92 Å². The van der Waals surface area contributed by atoms with E-state index in [9.17, 15) is 9.90 Å². The van der Waals surface area contributed by atoms with E-state index < -0.39 is 12.1 Å². The Balaban J connectivity index is -0.000000125. The van der Waals surface area contributed by atoms with E-state index in [1.165, 1.54) is 0 Å². The summed E-state index contributed by atoms with van der Waals surface area (Å²) >= 11 is 0. The first kappa shape index (κ1) is 15.7. The van der Waals surface area contributed by atoms with E-state index >= 15 is 0 Å². The van der Waals surface area contributed by atoms with Crippen LogP contribution in [0.25, 0.3) is 0 Å². The van der Waals surface area contributed by atoms with Crippen LogP contribution >= 0.6 is 0 Å². The Morgan fingerprint density at radius 2 is 1.88 bits per heavy atom. The molecule has 0 aliphatic heterocycles. The van der Waals surface area contributed by atoms with Crippen molar-refractivity contribution in [3.05, 3.63) is 0 Å². The average Bonchev–Trinajstić information content (AvgIpc) is 1.36. The number of carbonyl (C=O) groups excluding carboxylic acids is 1. The molecule has 0 saturated carbocycles. The number of hydrogen-bond donors (Lipinski definition) is 1. The summed E-state index contributed by atoms with van der Waals surface area (Å²) in [7, 11) is 0. The molecule has 0 aromatic heterocycles. The zero-order valence-electron chi connectivity index (χ0n) is 4.37. The van der Waals surface area contributed by atoms with Crippen molar-refractivity contribution < 1.29 is 20.5 Å². The molecule has 0 aromatic rings. The fraction of sp³-hybridized carbons (Fsp3) is 0.667. The van der Waals surface area contributed by atoms with Gasteiger partial charge in [-0.15, -0.1) is 0 Å². The van der Waals surface area contributed by atoms with Crippen LogP contribution in [0.15, 0.2) is 0 Å². The third-order valence-corrected chi connectivity index (χ3v) is 0.341. The molecule has 0 saturated heterocycles. The number of carboxylic acid groups (broad SMARTS) is 1. The molecule has 5 heteroatoms. The summed E-state index contributed by atoms with van der Waals surface area (Å²) in [4.78, 5) is 9.34. The van der Waals surface area contributed by atoms with Crippen molar-refractivity contribution in [3.63, 3.8) is 0 Å². The van der Waals surface area contributed by atoms with Crippen LogP contribution in [-0.2, 0) is 4.79 Å². The molecule has 0 rings (SSSR count). The number of carbonyl (C=O) groups is 1. The Morgan fingerprint density at radius 1 is 1.75 bits per heavy atom. The van der Waals surface area contributed by atoms with Gasteiger partial charge in [-0.2, -0.15) is 0 Å². The Bertz CT molecular complexity index is 62.3. The SMILES string of the molecule is CC(O)C(=O)[O-].[Al+2].[OH-]. The zero-order chi connectivity index (χ0) is 5.15. The molecule has 0 bridgehead atoms. The van der Waals surface area contributed by atoms with E-state index in [4.69, 9.17) is 5.11 Å². The van der Waals surface area contributed by atoms with Gasteiger partial charge in [0.2, 0.25) is 0 Å². The summed E-state index contributed by atoms with van der Waals surface area (Å²) < 4.78 is 0. The van der Waals surface area contributed by atoms with Gasteiger partial charge >= 0.3 is 17.4 Å². The van der Waals surface area contributed by atoms with E-state index in [0.29, 0.717) is 0 Å². The fourth-order valence-corrected chi connectivity index (χ4v) is 0. The van der Waals surface area contributed by atoms with Crippen LogP contribution in [0.2, 0.25) is 0 Å². The van der Waals surface area contributed by atoms with Crippen LogP contribution in [0.3, 0.4) is 0 Å². The first-order chi connectivity index (χ1) is 2.64. The second-order valence-corrected chi connectivity index (χ2v) is 0.995. The van der Waals surface area contributed by atoms with Gasteiger partial charge in [0, 0.05) is 0 Å². The van der Waals surface area contributed by atoms with Gasteiger partial charge < -0.3 is 20.5 Å². The topological polar surface area (TPSA) is 90.4 Å². The maximum Gasteiger partial charge on any atom is 2.00 e. The van der Waals surface area contributed by atoms with E-state index in [-0.39, 0.29) is 22.8 Å². The van der Waals surface area contributed by atoms with Gasteiger partial charge in [-0.3, -0.25) is 0 Å². The Hall–Kier alpha value is -0.0775. The molecule has 0 fully saturated rings. The van der Waals surface area contributed by atoms with Crippen molar-refractivity contribution in [2.75, 3.05) is 0 Å². The molecule has 1 atom stereocenters. The van der Waals surface area contributed by atoms with Gasteiger partial charge in [0.1, 0.15) is 0 Å². The third-order valence-electron chi connectivity index (χ3n) is 0.341. The first-order valence-electron chi connectivity index (χ1n) is 1.53. The van der Waals surface area contributed by atoms with Crippen molar-refractivity contribution >= 4 is 23.3 Å². The first-order valence-corrected chi connectivity index (χ1v) is 1.53. The maximum atomic E-state index is 9.34. The fourth-order valence-electron chi connectivity index (χ4n) is 0. The van der Waals surface area contributed by atoms with Crippen molar-refractivity contribution in [2.24, 2.45) is 0 Å². The van der Waals surface area contributed by atoms with Crippen molar-refractivity contribution in [3.8, 4) is 0 Å². The minimum atomic E-state index is -1.44. The summed E-state index contributed by atoms with van der Waals surface area (Å²) in [6.45, 7) is 1.13. The van der Waals surface area contributed by atoms with E-state index in [1.807, 2.05) is 0 Å². The van der Waals surface area contributed by atoms with Crippen LogP contribution in [0, 0.1) is 0 Å². The van der Waals surface area contributed by atoms with Gasteiger partial charge in [0.25, 0.3) is 0 Å². The molecular weight excluding hydrogens is 127 g/mol. The number of carboxylic acids is 1. The standard InChI is InChI=1S/C3H6O3.Al.H2O/c1-2(4)3(5)6;;/h2,4H,1H3,(H,5,6);;1H2/q;+2;/p-2. The summed E-state index contributed by atoms with van der Waals surface area (Å²) in [5.41, 5.74) is 0. The van der Waals surface area contributed by atoms with Crippen molar-refractivity contribution in [1.82, 2.24) is 0 Å². The number of hydrogen-bond acceptors (Lipinski definition) is 4. The molecule has 0 spiro atoms.